The van der Waals surface area contributed by atoms with E-state index in [9.17, 15) is 4.79 Å². The van der Waals surface area contributed by atoms with Crippen molar-refractivity contribution in [2.75, 3.05) is 0 Å². The van der Waals surface area contributed by atoms with Crippen LogP contribution < -0.4 is 0 Å². The Morgan fingerprint density at radius 1 is 1.39 bits per heavy atom. The summed E-state index contributed by atoms with van der Waals surface area (Å²) in [4.78, 5) is 10.3. The molecule has 2 aromatic rings. The molecule has 0 unspecified atom stereocenters. The number of unbranched alkanes of at least 4 members (excludes halogenated alkanes) is 1. The maximum absolute atomic E-state index is 10.3. The number of carbonyl (C=O) groups is 1. The topological polar surface area (TPSA) is 89.4 Å². The number of hydrogen-bond acceptors (Lipinski definition) is 5. The second kappa shape index (κ2) is 5.48. The third-order valence-corrected chi connectivity index (χ3v) is 2.48. The molecule has 0 saturated heterocycles. The average Bonchev–Trinajstić information content (AvgIpc) is 2.93. The van der Waals surface area contributed by atoms with E-state index in [0.29, 0.717) is 24.6 Å². The molecule has 1 N–H and O–H groups in total. The first kappa shape index (κ1) is 12.3. The van der Waals surface area contributed by atoms with Crippen molar-refractivity contribution < 1.29 is 18.7 Å². The molecule has 0 aromatic carbocycles. The van der Waals surface area contributed by atoms with Gasteiger partial charge in [-0.1, -0.05) is 0 Å². The number of rotatable bonds is 6. The first-order valence-electron chi connectivity index (χ1n) is 5.75. The molecule has 2 rings (SSSR count). The minimum Gasteiger partial charge on any atom is -0.481 e. The van der Waals surface area contributed by atoms with E-state index in [1.54, 1.807) is 6.26 Å². The summed E-state index contributed by atoms with van der Waals surface area (Å²) < 4.78 is 10.6. The van der Waals surface area contributed by atoms with E-state index >= 15 is 0 Å². The molecular formula is C12H14N2O4. The van der Waals surface area contributed by atoms with Crippen LogP contribution in [0.3, 0.4) is 0 Å². The van der Waals surface area contributed by atoms with E-state index in [1.807, 2.05) is 13.0 Å². The standard InChI is InChI=1S/C12H14N2O4/c1-8-6-9(7-17-8)12-14-13-10(18-12)4-2-3-5-11(15)16/h6-7H,2-5H2,1H3,(H,15,16). The van der Waals surface area contributed by atoms with Gasteiger partial charge in [-0.3, -0.25) is 4.79 Å². The lowest BCUT2D eigenvalue weighted by atomic mass is 10.2. The van der Waals surface area contributed by atoms with Crippen LogP contribution in [0.5, 0.6) is 0 Å². The van der Waals surface area contributed by atoms with E-state index < -0.39 is 5.97 Å². The molecule has 6 heteroatoms. The fourth-order valence-electron chi connectivity index (χ4n) is 1.58. The van der Waals surface area contributed by atoms with Crippen LogP contribution in [0, 0.1) is 6.92 Å². The van der Waals surface area contributed by atoms with Gasteiger partial charge in [0.05, 0.1) is 5.56 Å². The van der Waals surface area contributed by atoms with Crippen LogP contribution in [0.2, 0.25) is 0 Å². The van der Waals surface area contributed by atoms with Crippen LogP contribution in [0.1, 0.15) is 30.9 Å². The lowest BCUT2D eigenvalue weighted by molar-refractivity contribution is -0.137. The molecule has 0 radical (unpaired) electrons. The van der Waals surface area contributed by atoms with Gasteiger partial charge in [-0.25, -0.2) is 0 Å². The molecular weight excluding hydrogens is 236 g/mol. The molecule has 0 amide bonds. The van der Waals surface area contributed by atoms with E-state index in [0.717, 1.165) is 17.7 Å². The largest absolute Gasteiger partial charge is 0.481 e. The maximum Gasteiger partial charge on any atom is 0.303 e. The van der Waals surface area contributed by atoms with Crippen molar-refractivity contribution >= 4 is 5.97 Å². The van der Waals surface area contributed by atoms with Gasteiger partial charge in [0.25, 0.3) is 5.89 Å². The third-order valence-electron chi connectivity index (χ3n) is 2.48. The van der Waals surface area contributed by atoms with Gasteiger partial charge in [-0.2, -0.15) is 0 Å². The Morgan fingerprint density at radius 2 is 2.22 bits per heavy atom. The summed E-state index contributed by atoms with van der Waals surface area (Å²) in [6.07, 6.45) is 3.66. The molecule has 18 heavy (non-hydrogen) atoms. The summed E-state index contributed by atoms with van der Waals surface area (Å²) in [5, 5.41) is 16.3. The predicted octanol–water partition coefficient (Wildman–Crippen LogP) is 2.44. The van der Waals surface area contributed by atoms with Crippen LogP contribution in [-0.4, -0.2) is 21.3 Å². The van der Waals surface area contributed by atoms with Crippen LogP contribution in [0.15, 0.2) is 21.2 Å². The maximum atomic E-state index is 10.3. The Balaban J connectivity index is 1.88. The molecule has 0 saturated carbocycles. The molecule has 0 fully saturated rings. The van der Waals surface area contributed by atoms with Crippen LogP contribution in [0.25, 0.3) is 11.5 Å². The van der Waals surface area contributed by atoms with Gasteiger partial charge < -0.3 is 13.9 Å². The van der Waals surface area contributed by atoms with Crippen LogP contribution >= 0.6 is 0 Å². The van der Waals surface area contributed by atoms with Gasteiger partial charge in [-0.05, 0) is 25.8 Å². The number of aromatic nitrogens is 2. The molecule has 0 aliphatic rings. The Bertz CT molecular complexity index is 530. The number of aryl methyl sites for hydroxylation is 2. The van der Waals surface area contributed by atoms with E-state index in [1.165, 1.54) is 0 Å². The number of furan rings is 1. The van der Waals surface area contributed by atoms with Gasteiger partial charge in [0.2, 0.25) is 5.89 Å². The number of hydrogen-bond donors (Lipinski definition) is 1. The lowest BCUT2D eigenvalue weighted by Gasteiger charge is -1.93. The average molecular weight is 250 g/mol. The van der Waals surface area contributed by atoms with Gasteiger partial charge >= 0.3 is 5.97 Å². The Hall–Kier alpha value is -2.11. The second-order valence-electron chi connectivity index (χ2n) is 4.05. The molecule has 0 spiro atoms. The van der Waals surface area contributed by atoms with Crippen molar-refractivity contribution in [3.05, 3.63) is 24.0 Å². The summed E-state index contributed by atoms with van der Waals surface area (Å²) in [6.45, 7) is 1.84. The molecule has 96 valence electrons. The molecule has 6 nitrogen and oxygen atoms in total. The summed E-state index contributed by atoms with van der Waals surface area (Å²) >= 11 is 0. The highest BCUT2D eigenvalue weighted by Gasteiger charge is 2.10. The summed E-state index contributed by atoms with van der Waals surface area (Å²) in [6, 6.07) is 1.82. The Kier molecular flexibility index (Phi) is 3.76. The van der Waals surface area contributed by atoms with Crippen LogP contribution in [-0.2, 0) is 11.2 Å². The molecule has 0 aliphatic carbocycles. The molecule has 2 heterocycles. The predicted molar refractivity (Wildman–Crippen MR) is 61.9 cm³/mol. The quantitative estimate of drug-likeness (QED) is 0.792. The van der Waals surface area contributed by atoms with E-state index in [4.69, 9.17) is 13.9 Å². The highest BCUT2D eigenvalue weighted by Crippen LogP contribution is 2.20. The zero-order valence-corrected chi connectivity index (χ0v) is 10.0. The summed E-state index contributed by atoms with van der Waals surface area (Å²) in [5.74, 6) is 0.954. The first-order chi connectivity index (χ1) is 8.65. The van der Waals surface area contributed by atoms with E-state index in [-0.39, 0.29) is 6.42 Å². The van der Waals surface area contributed by atoms with Gasteiger partial charge in [0.15, 0.2) is 0 Å². The highest BCUT2D eigenvalue weighted by molar-refractivity contribution is 5.66. The molecule has 2 aromatic heterocycles. The fourth-order valence-corrected chi connectivity index (χ4v) is 1.58. The Morgan fingerprint density at radius 3 is 2.89 bits per heavy atom. The van der Waals surface area contributed by atoms with Gasteiger partial charge in [0.1, 0.15) is 12.0 Å². The molecule has 0 aliphatic heterocycles. The number of aliphatic carboxylic acids is 1. The highest BCUT2D eigenvalue weighted by atomic mass is 16.4. The van der Waals surface area contributed by atoms with Crippen molar-refractivity contribution in [2.45, 2.75) is 32.6 Å². The monoisotopic (exact) mass is 250 g/mol. The minimum atomic E-state index is -0.782. The number of carboxylic acid groups (broad SMARTS) is 1. The first-order valence-corrected chi connectivity index (χ1v) is 5.75. The van der Waals surface area contributed by atoms with Crippen molar-refractivity contribution in [1.82, 2.24) is 10.2 Å². The normalized spacial score (nSPS) is 10.7. The fraction of sp³-hybridized carbons (Fsp3) is 0.417. The van der Waals surface area contributed by atoms with Gasteiger partial charge in [-0.15, -0.1) is 10.2 Å². The lowest BCUT2D eigenvalue weighted by Crippen LogP contribution is -1.95. The van der Waals surface area contributed by atoms with Crippen LogP contribution in [0.4, 0.5) is 0 Å². The zero-order chi connectivity index (χ0) is 13.0. The summed E-state index contributed by atoms with van der Waals surface area (Å²) in [5.41, 5.74) is 0.761. The van der Waals surface area contributed by atoms with Crippen molar-refractivity contribution in [3.63, 3.8) is 0 Å². The van der Waals surface area contributed by atoms with Crippen molar-refractivity contribution in [1.29, 1.82) is 0 Å². The van der Waals surface area contributed by atoms with E-state index in [2.05, 4.69) is 10.2 Å². The van der Waals surface area contributed by atoms with Crippen molar-refractivity contribution in [2.24, 2.45) is 0 Å². The summed E-state index contributed by atoms with van der Waals surface area (Å²) in [7, 11) is 0. The molecule has 0 bridgehead atoms. The zero-order valence-electron chi connectivity index (χ0n) is 10.0. The SMILES string of the molecule is Cc1cc(-c2nnc(CCCCC(=O)O)o2)co1. The molecule has 0 atom stereocenters. The number of carboxylic acids is 1. The minimum absolute atomic E-state index is 0.169. The Labute approximate surface area is 104 Å². The van der Waals surface area contributed by atoms with Gasteiger partial charge in [0, 0.05) is 12.8 Å². The smallest absolute Gasteiger partial charge is 0.303 e. The second-order valence-corrected chi connectivity index (χ2v) is 4.05. The third kappa shape index (κ3) is 3.19. The van der Waals surface area contributed by atoms with Crippen molar-refractivity contribution in [3.8, 4) is 11.5 Å². The number of nitrogens with zero attached hydrogens (tertiary/aromatic N) is 2.